The first-order valence-electron chi connectivity index (χ1n) is 5.31. The molecule has 1 N–H and O–H groups in total. The Hall–Kier alpha value is 0.284. The van der Waals surface area contributed by atoms with E-state index in [1.54, 1.807) is 4.90 Å². The van der Waals surface area contributed by atoms with Gasteiger partial charge < -0.3 is 14.7 Å². The van der Waals surface area contributed by atoms with E-state index in [2.05, 4.69) is 28.7 Å². The Balaban J connectivity index is 0.00000162. The van der Waals surface area contributed by atoms with Crippen molar-refractivity contribution in [3.63, 3.8) is 0 Å². The van der Waals surface area contributed by atoms with Crippen LogP contribution in [0.5, 0.6) is 0 Å². The van der Waals surface area contributed by atoms with Crippen molar-refractivity contribution in [1.29, 1.82) is 0 Å². The second-order valence-corrected chi connectivity index (χ2v) is 5.15. The van der Waals surface area contributed by atoms with E-state index in [4.69, 9.17) is 9.84 Å². The summed E-state index contributed by atoms with van der Waals surface area (Å²) in [6.07, 6.45) is -0.831. The summed E-state index contributed by atoms with van der Waals surface area (Å²) in [5.41, 5.74) is 2.80. The van der Waals surface area contributed by atoms with Gasteiger partial charge in [0.15, 0.2) is 0 Å². The maximum absolute atomic E-state index is 11.7. The fourth-order valence-corrected chi connectivity index (χ4v) is 2.36. The molecule has 1 saturated heterocycles. The Bertz CT molecular complexity index is 467. The minimum atomic E-state index is -0.429. The van der Waals surface area contributed by atoms with Crippen molar-refractivity contribution in [3.8, 4) is 0 Å². The SMILES string of the molecule is Cc1[c-]c(I)c(C)cc1N1C[C@H](CO)OC1=O.[Y]. The van der Waals surface area contributed by atoms with Crippen LogP contribution in [0.3, 0.4) is 0 Å². The van der Waals surface area contributed by atoms with Crippen molar-refractivity contribution >= 4 is 34.4 Å². The molecule has 0 saturated carbocycles. The maximum Gasteiger partial charge on any atom is 0.403 e. The molecular weight excluding hydrogens is 422 g/mol. The van der Waals surface area contributed by atoms with E-state index < -0.39 is 12.2 Å². The van der Waals surface area contributed by atoms with Crippen molar-refractivity contribution < 1.29 is 47.3 Å². The Labute approximate surface area is 145 Å². The zero-order valence-corrected chi connectivity index (χ0v) is 15.2. The fraction of sp³-hybridized carbons (Fsp3) is 0.417. The number of aliphatic hydroxyl groups excluding tert-OH is 1. The minimum absolute atomic E-state index is 0. The van der Waals surface area contributed by atoms with Gasteiger partial charge in [-0.3, -0.25) is 0 Å². The fourth-order valence-electron chi connectivity index (χ4n) is 1.80. The predicted octanol–water partition coefficient (Wildman–Crippen LogP) is 2.02. The molecule has 1 fully saturated rings. The Morgan fingerprint density at radius 1 is 1.61 bits per heavy atom. The number of hydrogen-bond donors (Lipinski definition) is 1. The number of amides is 1. The molecule has 18 heavy (non-hydrogen) atoms. The van der Waals surface area contributed by atoms with Crippen LogP contribution in [-0.2, 0) is 37.4 Å². The van der Waals surface area contributed by atoms with Crippen LogP contribution in [0.25, 0.3) is 0 Å². The molecule has 95 valence electrons. The van der Waals surface area contributed by atoms with Crippen LogP contribution in [0, 0.1) is 23.5 Å². The van der Waals surface area contributed by atoms with Crippen LogP contribution in [0.15, 0.2) is 6.07 Å². The van der Waals surface area contributed by atoms with Gasteiger partial charge in [0.2, 0.25) is 0 Å². The molecule has 1 aliphatic heterocycles. The van der Waals surface area contributed by atoms with E-state index in [-0.39, 0.29) is 39.3 Å². The van der Waals surface area contributed by atoms with Crippen molar-refractivity contribution in [1.82, 2.24) is 0 Å². The molecule has 1 atom stereocenters. The van der Waals surface area contributed by atoms with Crippen LogP contribution >= 0.6 is 22.6 Å². The largest absolute Gasteiger partial charge is 0.442 e. The third-order valence-electron chi connectivity index (χ3n) is 2.75. The number of ether oxygens (including phenoxy) is 1. The molecule has 1 aromatic carbocycles. The van der Waals surface area contributed by atoms with E-state index >= 15 is 0 Å². The van der Waals surface area contributed by atoms with Gasteiger partial charge in [0, 0.05) is 32.7 Å². The molecular formula is C12H13INO3Y-. The molecule has 1 amide bonds. The van der Waals surface area contributed by atoms with Crippen LogP contribution < -0.4 is 4.90 Å². The third kappa shape index (κ3) is 3.24. The van der Waals surface area contributed by atoms with Crippen LogP contribution in [0.2, 0.25) is 0 Å². The van der Waals surface area contributed by atoms with Gasteiger partial charge in [-0.25, -0.2) is 4.79 Å². The van der Waals surface area contributed by atoms with Gasteiger partial charge in [-0.15, -0.1) is 17.2 Å². The van der Waals surface area contributed by atoms with Gasteiger partial charge in [-0.1, -0.05) is 45.7 Å². The topological polar surface area (TPSA) is 49.8 Å². The number of benzene rings is 1. The van der Waals surface area contributed by atoms with Gasteiger partial charge in [0.1, 0.15) is 6.10 Å². The molecule has 0 aliphatic carbocycles. The molecule has 0 spiro atoms. The molecule has 4 nitrogen and oxygen atoms in total. The second-order valence-electron chi connectivity index (χ2n) is 4.08. The first-order valence-corrected chi connectivity index (χ1v) is 6.39. The summed E-state index contributed by atoms with van der Waals surface area (Å²) in [5.74, 6) is 0. The number of cyclic esters (lactones) is 1. The number of halogens is 1. The van der Waals surface area contributed by atoms with Crippen molar-refractivity contribution in [2.45, 2.75) is 20.0 Å². The zero-order chi connectivity index (χ0) is 12.6. The normalized spacial score (nSPS) is 18.6. The average molecular weight is 435 g/mol. The number of hydrogen-bond acceptors (Lipinski definition) is 3. The van der Waals surface area contributed by atoms with Crippen molar-refractivity contribution in [3.05, 3.63) is 26.8 Å². The Morgan fingerprint density at radius 3 is 2.83 bits per heavy atom. The summed E-state index contributed by atoms with van der Waals surface area (Å²) in [5, 5.41) is 9.00. The molecule has 6 heteroatoms. The maximum atomic E-state index is 11.7. The van der Waals surface area contributed by atoms with E-state index in [0.29, 0.717) is 6.54 Å². The Morgan fingerprint density at radius 2 is 2.28 bits per heavy atom. The summed E-state index contributed by atoms with van der Waals surface area (Å²) in [6.45, 7) is 4.14. The molecule has 0 bridgehead atoms. The zero-order valence-electron chi connectivity index (χ0n) is 10.2. The molecule has 1 aliphatic rings. The number of carbonyl (C=O) groups excluding carboxylic acids is 1. The first kappa shape index (κ1) is 16.3. The number of rotatable bonds is 2. The monoisotopic (exact) mass is 435 g/mol. The Kier molecular flexibility index (Phi) is 6.02. The number of aliphatic hydroxyl groups is 1. The quantitative estimate of drug-likeness (QED) is 0.572. The summed E-state index contributed by atoms with van der Waals surface area (Å²) >= 11 is 2.22. The number of nitrogens with zero attached hydrogens (tertiary/aromatic N) is 1. The van der Waals surface area contributed by atoms with Crippen molar-refractivity contribution in [2.24, 2.45) is 0 Å². The number of carbonyl (C=O) groups is 1. The second kappa shape index (κ2) is 6.63. The van der Waals surface area contributed by atoms with Gasteiger partial charge in [-0.2, -0.15) is 6.07 Å². The average Bonchev–Trinajstić information content (AvgIpc) is 2.65. The van der Waals surface area contributed by atoms with Crippen molar-refractivity contribution in [2.75, 3.05) is 18.1 Å². The van der Waals surface area contributed by atoms with E-state index in [9.17, 15) is 4.79 Å². The summed E-state index contributed by atoms with van der Waals surface area (Å²) in [7, 11) is 0. The molecule has 1 radical (unpaired) electrons. The van der Waals surface area contributed by atoms with E-state index in [1.807, 2.05) is 19.9 Å². The summed E-state index contributed by atoms with van der Waals surface area (Å²) in [4.78, 5) is 13.2. The van der Waals surface area contributed by atoms with Gasteiger partial charge in [0.05, 0.1) is 13.2 Å². The van der Waals surface area contributed by atoms with Gasteiger partial charge in [0.25, 0.3) is 0 Å². The molecule has 0 aromatic heterocycles. The van der Waals surface area contributed by atoms with Gasteiger partial charge in [-0.05, 0) is 0 Å². The predicted molar refractivity (Wildman–Crippen MR) is 72.2 cm³/mol. The van der Waals surface area contributed by atoms with E-state index in [1.165, 1.54) is 0 Å². The first-order chi connectivity index (χ1) is 8.02. The van der Waals surface area contributed by atoms with Crippen LogP contribution in [-0.4, -0.2) is 30.5 Å². The number of anilines is 1. The third-order valence-corrected chi connectivity index (χ3v) is 3.87. The van der Waals surface area contributed by atoms with Crippen LogP contribution in [0.1, 0.15) is 11.1 Å². The minimum Gasteiger partial charge on any atom is -0.442 e. The van der Waals surface area contributed by atoms with Crippen LogP contribution in [0.4, 0.5) is 10.5 Å². The number of aryl methyl sites for hydroxylation is 2. The molecule has 1 aromatic rings. The molecule has 1 heterocycles. The van der Waals surface area contributed by atoms with Gasteiger partial charge >= 0.3 is 6.09 Å². The smallest absolute Gasteiger partial charge is 0.403 e. The molecule has 0 unspecified atom stereocenters. The standard InChI is InChI=1S/C12H13INO3.Y/c1-7-4-11(8(2)3-10(7)13)14-5-9(6-15)17-12(14)16;/h4,9,15H,5-6H2,1-2H3;/q-1;/t9-;/m1./s1. The summed E-state index contributed by atoms with van der Waals surface area (Å²) < 4.78 is 6.07. The van der Waals surface area contributed by atoms with E-state index in [0.717, 1.165) is 20.4 Å². The summed E-state index contributed by atoms with van der Waals surface area (Å²) in [6, 6.07) is 5.17. The molecule has 2 rings (SSSR count).